The molecule has 0 aliphatic rings. The molecule has 6 nitrogen and oxygen atoms in total. The Kier molecular flexibility index (Phi) is 7.08. The molecule has 0 amide bonds. The minimum Gasteiger partial charge on any atom is -0.445 e. The molecule has 1 N–H and O–H groups in total. The van der Waals surface area contributed by atoms with Gasteiger partial charge in [-0.1, -0.05) is 78.9 Å². The van der Waals surface area contributed by atoms with E-state index in [1.165, 1.54) is 24.3 Å². The highest BCUT2D eigenvalue weighted by Gasteiger charge is 2.27. The highest BCUT2D eigenvalue weighted by atomic mass is 32.2. The summed E-state index contributed by atoms with van der Waals surface area (Å²) in [5, 5.41) is 0. The summed E-state index contributed by atoms with van der Waals surface area (Å²) in [5.41, 5.74) is 2.24. The minimum atomic E-state index is -3.95. The van der Waals surface area contributed by atoms with Gasteiger partial charge < -0.3 is 4.74 Å². The molecule has 0 spiro atoms. The molecule has 4 rings (SSSR count). The number of Topliss-reactive ketones (excluding diaryl/α,β-unsaturated/α-hetero) is 1. The Morgan fingerprint density at radius 1 is 0.743 bits per heavy atom. The quantitative estimate of drug-likeness (QED) is 0.260. The second-order valence-electron chi connectivity index (χ2n) is 7.93. The summed E-state index contributed by atoms with van der Waals surface area (Å²) in [6.07, 6.45) is -1.18. The normalized spacial score (nSPS) is 11.9. The van der Waals surface area contributed by atoms with Gasteiger partial charge >= 0.3 is 5.97 Å². The summed E-state index contributed by atoms with van der Waals surface area (Å²) in [5.74, 6) is -1.19. The molecule has 1 atom stereocenters. The summed E-state index contributed by atoms with van der Waals surface area (Å²) >= 11 is 0. The predicted molar refractivity (Wildman–Crippen MR) is 134 cm³/mol. The van der Waals surface area contributed by atoms with Crippen molar-refractivity contribution in [1.29, 1.82) is 0 Å². The zero-order chi connectivity index (χ0) is 24.8. The summed E-state index contributed by atoms with van der Waals surface area (Å²) in [6, 6.07) is 29.7. The van der Waals surface area contributed by atoms with E-state index in [1.54, 1.807) is 78.9 Å². The van der Waals surface area contributed by atoms with Gasteiger partial charge in [-0.2, -0.15) is 0 Å². The maximum absolute atomic E-state index is 13.2. The summed E-state index contributed by atoms with van der Waals surface area (Å²) < 4.78 is 34.0. The van der Waals surface area contributed by atoms with Gasteiger partial charge in [-0.3, -0.25) is 9.52 Å². The SMILES string of the molecule is Cc1cccc(NS(=O)(=O)c2cccc(C(=O)OC(C(=O)c3ccccc3)c3ccccc3)c2)c1. The lowest BCUT2D eigenvalue weighted by Crippen LogP contribution is -2.21. The molecule has 0 aliphatic heterocycles. The summed E-state index contributed by atoms with van der Waals surface area (Å²) in [6.45, 7) is 1.86. The molecule has 7 heteroatoms. The number of hydrogen-bond acceptors (Lipinski definition) is 5. The van der Waals surface area contributed by atoms with E-state index < -0.39 is 22.1 Å². The maximum Gasteiger partial charge on any atom is 0.339 e. The number of rotatable bonds is 8. The number of carbonyl (C=O) groups is 2. The van der Waals surface area contributed by atoms with Crippen LogP contribution in [0.5, 0.6) is 0 Å². The molecule has 0 saturated heterocycles. The van der Waals surface area contributed by atoms with Crippen LogP contribution >= 0.6 is 0 Å². The van der Waals surface area contributed by atoms with Gasteiger partial charge in [0, 0.05) is 16.8 Å². The van der Waals surface area contributed by atoms with E-state index in [4.69, 9.17) is 4.74 Å². The molecule has 0 aromatic heterocycles. The molecule has 4 aromatic carbocycles. The van der Waals surface area contributed by atoms with Crippen LogP contribution in [0, 0.1) is 6.92 Å². The minimum absolute atomic E-state index is 0.0129. The molecular weight excluding hydrogens is 462 g/mol. The van der Waals surface area contributed by atoms with Crippen molar-refractivity contribution in [3.63, 3.8) is 0 Å². The molecule has 0 heterocycles. The number of ketones is 1. The Hall–Kier alpha value is -4.23. The standard InChI is InChI=1S/C28H23NO5S/c1-20-10-8-16-24(18-20)29-35(32,33)25-17-9-15-23(19-25)28(31)34-27(22-13-6-3-7-14-22)26(30)21-11-4-2-5-12-21/h2-19,27,29H,1H3. The van der Waals surface area contributed by atoms with Gasteiger partial charge in [-0.15, -0.1) is 0 Å². The molecule has 0 aliphatic carbocycles. The van der Waals surface area contributed by atoms with Gasteiger partial charge in [-0.05, 0) is 42.8 Å². The topological polar surface area (TPSA) is 89.5 Å². The Bertz CT molecular complexity index is 1450. The number of esters is 1. The highest BCUT2D eigenvalue weighted by molar-refractivity contribution is 7.92. The molecular formula is C28H23NO5S. The molecule has 1 unspecified atom stereocenters. The number of anilines is 1. The van der Waals surface area contributed by atoms with E-state index in [0.29, 0.717) is 16.8 Å². The lowest BCUT2D eigenvalue weighted by molar-refractivity contribution is 0.0280. The number of nitrogens with one attached hydrogen (secondary N) is 1. The van der Waals surface area contributed by atoms with Gasteiger partial charge in [0.15, 0.2) is 6.10 Å². The van der Waals surface area contributed by atoms with Crippen LogP contribution in [-0.4, -0.2) is 20.2 Å². The lowest BCUT2D eigenvalue weighted by atomic mass is 10.00. The fourth-order valence-corrected chi connectivity index (χ4v) is 4.64. The van der Waals surface area contributed by atoms with Crippen molar-refractivity contribution >= 4 is 27.5 Å². The van der Waals surface area contributed by atoms with Crippen LogP contribution in [0.1, 0.15) is 37.9 Å². The first kappa shape index (κ1) is 23.9. The summed E-state index contributed by atoms with van der Waals surface area (Å²) in [7, 11) is -3.95. The van der Waals surface area contributed by atoms with Gasteiger partial charge in [0.2, 0.25) is 5.78 Å². The molecule has 35 heavy (non-hydrogen) atoms. The molecule has 0 radical (unpaired) electrons. The Balaban J connectivity index is 1.60. The third-order valence-electron chi connectivity index (χ3n) is 5.27. The van der Waals surface area contributed by atoms with Crippen LogP contribution in [0.3, 0.4) is 0 Å². The monoisotopic (exact) mass is 485 g/mol. The predicted octanol–water partition coefficient (Wildman–Crippen LogP) is 5.58. The number of aryl methyl sites for hydroxylation is 1. The molecule has 4 aromatic rings. The van der Waals surface area contributed by atoms with Crippen molar-refractivity contribution in [2.45, 2.75) is 17.9 Å². The van der Waals surface area contributed by atoms with Gasteiger partial charge in [0.25, 0.3) is 10.0 Å². The summed E-state index contributed by atoms with van der Waals surface area (Å²) in [4.78, 5) is 26.1. The number of hydrogen-bond donors (Lipinski definition) is 1. The second-order valence-corrected chi connectivity index (χ2v) is 9.61. The number of benzene rings is 4. The lowest BCUT2D eigenvalue weighted by Gasteiger charge is -2.18. The first-order valence-corrected chi connectivity index (χ1v) is 12.4. The van der Waals surface area contributed by atoms with Crippen molar-refractivity contribution < 1.29 is 22.7 Å². The van der Waals surface area contributed by atoms with E-state index in [9.17, 15) is 18.0 Å². The Morgan fingerprint density at radius 3 is 2.06 bits per heavy atom. The molecule has 0 bridgehead atoms. The van der Waals surface area contributed by atoms with Crippen LogP contribution < -0.4 is 4.72 Å². The van der Waals surface area contributed by atoms with Gasteiger partial charge in [-0.25, -0.2) is 13.2 Å². The van der Waals surface area contributed by atoms with Gasteiger partial charge in [0.05, 0.1) is 10.5 Å². The third-order valence-corrected chi connectivity index (χ3v) is 6.65. The Labute approximate surface area is 204 Å². The number of carbonyl (C=O) groups excluding carboxylic acids is 2. The van der Waals surface area contributed by atoms with E-state index in [1.807, 2.05) is 13.0 Å². The van der Waals surface area contributed by atoms with Crippen molar-refractivity contribution in [2.75, 3.05) is 4.72 Å². The van der Waals surface area contributed by atoms with Crippen LogP contribution in [0.25, 0.3) is 0 Å². The maximum atomic E-state index is 13.2. The van der Waals surface area contributed by atoms with E-state index in [2.05, 4.69) is 4.72 Å². The molecule has 0 fully saturated rings. The van der Waals surface area contributed by atoms with Crippen molar-refractivity contribution in [1.82, 2.24) is 0 Å². The van der Waals surface area contributed by atoms with Crippen LogP contribution in [0.15, 0.2) is 114 Å². The van der Waals surface area contributed by atoms with E-state index in [0.717, 1.165) is 5.56 Å². The first-order valence-electron chi connectivity index (χ1n) is 10.9. The van der Waals surface area contributed by atoms with Gasteiger partial charge in [0.1, 0.15) is 0 Å². The Morgan fingerprint density at radius 2 is 1.37 bits per heavy atom. The van der Waals surface area contributed by atoms with Crippen LogP contribution in [0.2, 0.25) is 0 Å². The zero-order valence-electron chi connectivity index (χ0n) is 18.9. The molecule has 176 valence electrons. The van der Waals surface area contributed by atoms with Crippen molar-refractivity contribution in [2.24, 2.45) is 0 Å². The zero-order valence-corrected chi connectivity index (χ0v) is 19.7. The average Bonchev–Trinajstić information content (AvgIpc) is 2.87. The fraction of sp³-hybridized carbons (Fsp3) is 0.0714. The van der Waals surface area contributed by atoms with Crippen molar-refractivity contribution in [3.05, 3.63) is 131 Å². The number of sulfonamides is 1. The first-order chi connectivity index (χ1) is 16.8. The van der Waals surface area contributed by atoms with Crippen LogP contribution in [0.4, 0.5) is 5.69 Å². The largest absolute Gasteiger partial charge is 0.445 e. The molecule has 0 saturated carbocycles. The number of ether oxygens (including phenoxy) is 1. The van der Waals surface area contributed by atoms with E-state index >= 15 is 0 Å². The second kappa shape index (κ2) is 10.4. The van der Waals surface area contributed by atoms with Crippen molar-refractivity contribution in [3.8, 4) is 0 Å². The average molecular weight is 486 g/mol. The van der Waals surface area contributed by atoms with E-state index in [-0.39, 0.29) is 16.2 Å². The highest BCUT2D eigenvalue weighted by Crippen LogP contribution is 2.25. The fourth-order valence-electron chi connectivity index (χ4n) is 3.54. The third kappa shape index (κ3) is 5.83. The smallest absolute Gasteiger partial charge is 0.339 e. The van der Waals surface area contributed by atoms with Crippen LogP contribution in [-0.2, 0) is 14.8 Å².